The fraction of sp³-hybridized carbons (Fsp3) is 0.250. The Bertz CT molecular complexity index is 1080. The Morgan fingerprint density at radius 1 is 1.30 bits per heavy atom. The zero-order valence-electron chi connectivity index (χ0n) is 15.2. The first-order chi connectivity index (χ1) is 12.9. The van der Waals surface area contributed by atoms with Gasteiger partial charge < -0.3 is 4.74 Å². The Kier molecular flexibility index (Phi) is 5.97. The number of aromatic nitrogens is 2. The summed E-state index contributed by atoms with van der Waals surface area (Å²) in [4.78, 5) is 17.7. The van der Waals surface area contributed by atoms with Crippen LogP contribution in [0.5, 0.6) is 5.75 Å². The summed E-state index contributed by atoms with van der Waals surface area (Å²) in [5.41, 5.74) is 1.12. The highest BCUT2D eigenvalue weighted by Crippen LogP contribution is 2.22. The van der Waals surface area contributed by atoms with E-state index in [2.05, 4.69) is 26.0 Å². The van der Waals surface area contributed by atoms with Gasteiger partial charge >= 0.3 is 0 Å². The Balaban J connectivity index is 2.18. The van der Waals surface area contributed by atoms with Gasteiger partial charge in [0.05, 0.1) is 23.7 Å². The lowest BCUT2D eigenvalue weighted by Crippen LogP contribution is -2.23. The van der Waals surface area contributed by atoms with Crippen molar-refractivity contribution >= 4 is 44.6 Å². The van der Waals surface area contributed by atoms with Crippen molar-refractivity contribution in [2.24, 2.45) is 5.10 Å². The highest BCUT2D eigenvalue weighted by atomic mass is 79.9. The maximum Gasteiger partial charge on any atom is 0.282 e. The fourth-order valence-corrected chi connectivity index (χ4v) is 3.22. The molecule has 2 aromatic carbocycles. The molecular formula is C20H19BrClN3O2. The van der Waals surface area contributed by atoms with Crippen molar-refractivity contribution in [3.8, 4) is 5.75 Å². The minimum absolute atomic E-state index is 0.0219. The summed E-state index contributed by atoms with van der Waals surface area (Å²) in [7, 11) is 0. The van der Waals surface area contributed by atoms with Crippen molar-refractivity contribution in [3.05, 3.63) is 67.6 Å². The lowest BCUT2D eigenvalue weighted by atomic mass is 10.2. The van der Waals surface area contributed by atoms with Crippen LogP contribution in [0.1, 0.15) is 38.1 Å². The fourth-order valence-electron chi connectivity index (χ4n) is 2.68. The molecule has 27 heavy (non-hydrogen) atoms. The molecule has 0 aliphatic heterocycles. The molecular weight excluding hydrogens is 430 g/mol. The maximum atomic E-state index is 13.0. The summed E-state index contributed by atoms with van der Waals surface area (Å²) in [6.45, 7) is 6.38. The number of hydrogen-bond acceptors (Lipinski definition) is 4. The van der Waals surface area contributed by atoms with Gasteiger partial charge in [-0.25, -0.2) is 4.98 Å². The maximum absolute atomic E-state index is 13.0. The number of halogens is 2. The monoisotopic (exact) mass is 447 g/mol. The van der Waals surface area contributed by atoms with Gasteiger partial charge in [0.1, 0.15) is 11.6 Å². The Morgan fingerprint density at radius 2 is 2.07 bits per heavy atom. The highest BCUT2D eigenvalue weighted by molar-refractivity contribution is 9.10. The van der Waals surface area contributed by atoms with Gasteiger partial charge in [-0.2, -0.15) is 9.78 Å². The quantitative estimate of drug-likeness (QED) is 0.503. The van der Waals surface area contributed by atoms with Crippen LogP contribution in [0, 0.1) is 0 Å². The molecule has 0 unspecified atom stereocenters. The first-order valence-electron chi connectivity index (χ1n) is 8.59. The Hall–Kier alpha value is -2.18. The summed E-state index contributed by atoms with van der Waals surface area (Å²) in [6.07, 6.45) is 1.58. The van der Waals surface area contributed by atoms with E-state index in [1.165, 1.54) is 4.68 Å². The molecule has 7 heteroatoms. The van der Waals surface area contributed by atoms with E-state index < -0.39 is 0 Å². The average molecular weight is 449 g/mol. The molecule has 3 rings (SSSR count). The molecule has 140 valence electrons. The number of rotatable bonds is 5. The third-order valence-electron chi connectivity index (χ3n) is 3.93. The number of ether oxygens (including phenoxy) is 1. The van der Waals surface area contributed by atoms with Crippen LogP contribution < -0.4 is 10.3 Å². The molecule has 0 bridgehead atoms. The molecule has 0 spiro atoms. The predicted molar refractivity (Wildman–Crippen MR) is 113 cm³/mol. The Morgan fingerprint density at radius 3 is 2.78 bits per heavy atom. The topological polar surface area (TPSA) is 56.5 Å². The van der Waals surface area contributed by atoms with Crippen LogP contribution in [0.4, 0.5) is 0 Å². The second-order valence-corrected chi connectivity index (χ2v) is 7.61. The van der Waals surface area contributed by atoms with Gasteiger partial charge in [-0.3, -0.25) is 4.79 Å². The van der Waals surface area contributed by atoms with E-state index in [1.54, 1.807) is 30.5 Å². The molecule has 0 saturated carbocycles. The van der Waals surface area contributed by atoms with Crippen molar-refractivity contribution in [1.82, 2.24) is 9.66 Å². The van der Waals surface area contributed by atoms with Gasteiger partial charge in [0.2, 0.25) is 0 Å². The molecule has 5 nitrogen and oxygen atoms in total. The highest BCUT2D eigenvalue weighted by Gasteiger charge is 2.14. The largest absolute Gasteiger partial charge is 0.493 e. The van der Waals surface area contributed by atoms with E-state index in [-0.39, 0.29) is 11.5 Å². The zero-order valence-corrected chi connectivity index (χ0v) is 17.6. The van der Waals surface area contributed by atoms with E-state index in [9.17, 15) is 4.79 Å². The summed E-state index contributed by atoms with van der Waals surface area (Å²) < 4.78 is 7.77. The van der Waals surface area contributed by atoms with Crippen LogP contribution in [-0.4, -0.2) is 22.5 Å². The molecule has 3 aromatic rings. The van der Waals surface area contributed by atoms with Crippen molar-refractivity contribution in [1.29, 1.82) is 0 Å². The SMILES string of the molecule is CCOc1ccc(Cl)cc1C=Nn1c(C(C)C)nc2ccc(Br)cc2c1=O. The summed E-state index contributed by atoms with van der Waals surface area (Å²) in [5.74, 6) is 1.26. The average Bonchev–Trinajstić information content (AvgIpc) is 2.63. The number of fused-ring (bicyclic) bond motifs is 1. The van der Waals surface area contributed by atoms with Gasteiger partial charge in [-0.1, -0.05) is 41.4 Å². The van der Waals surface area contributed by atoms with Crippen molar-refractivity contribution < 1.29 is 4.74 Å². The molecule has 1 heterocycles. The number of nitrogens with zero attached hydrogens (tertiary/aromatic N) is 3. The number of hydrogen-bond donors (Lipinski definition) is 0. The van der Waals surface area contributed by atoms with Crippen molar-refractivity contribution in [3.63, 3.8) is 0 Å². The zero-order chi connectivity index (χ0) is 19.6. The van der Waals surface area contributed by atoms with Crippen LogP contribution >= 0.6 is 27.5 Å². The lowest BCUT2D eigenvalue weighted by Gasteiger charge is -2.12. The Labute approximate surface area is 170 Å². The van der Waals surface area contributed by atoms with Crippen LogP contribution in [0.2, 0.25) is 5.02 Å². The van der Waals surface area contributed by atoms with Crippen molar-refractivity contribution in [2.75, 3.05) is 6.61 Å². The molecule has 0 fully saturated rings. The number of benzene rings is 2. The van der Waals surface area contributed by atoms with Crippen LogP contribution in [0.25, 0.3) is 10.9 Å². The molecule has 0 saturated heterocycles. The smallest absolute Gasteiger partial charge is 0.282 e. The molecule has 0 amide bonds. The molecule has 0 N–H and O–H groups in total. The van der Waals surface area contributed by atoms with E-state index in [0.29, 0.717) is 39.7 Å². The second kappa shape index (κ2) is 8.23. The van der Waals surface area contributed by atoms with Crippen LogP contribution in [0.3, 0.4) is 0 Å². The summed E-state index contributed by atoms with van der Waals surface area (Å²) >= 11 is 9.51. The first kappa shape index (κ1) is 19.6. The van der Waals surface area contributed by atoms with Gasteiger partial charge in [0, 0.05) is 21.0 Å². The normalized spacial score (nSPS) is 11.6. The minimum atomic E-state index is -0.221. The molecule has 1 aromatic heterocycles. The molecule has 0 atom stereocenters. The molecule has 0 aliphatic rings. The third-order valence-corrected chi connectivity index (χ3v) is 4.66. The van der Waals surface area contributed by atoms with Crippen LogP contribution in [-0.2, 0) is 0 Å². The minimum Gasteiger partial charge on any atom is -0.493 e. The predicted octanol–water partition coefficient (Wildman–Crippen LogP) is 5.22. The van der Waals surface area contributed by atoms with Gasteiger partial charge in [0.25, 0.3) is 5.56 Å². The molecule has 0 aliphatic carbocycles. The van der Waals surface area contributed by atoms with E-state index in [4.69, 9.17) is 16.3 Å². The molecule has 0 radical (unpaired) electrons. The van der Waals surface area contributed by atoms with Gasteiger partial charge in [-0.05, 0) is 43.3 Å². The summed E-state index contributed by atoms with van der Waals surface area (Å²) in [6, 6.07) is 10.7. The van der Waals surface area contributed by atoms with Gasteiger partial charge in [-0.15, -0.1) is 0 Å². The van der Waals surface area contributed by atoms with Crippen LogP contribution in [0.15, 0.2) is 50.8 Å². The van der Waals surface area contributed by atoms with Crippen molar-refractivity contribution in [2.45, 2.75) is 26.7 Å². The third kappa shape index (κ3) is 4.22. The van der Waals surface area contributed by atoms with E-state index >= 15 is 0 Å². The lowest BCUT2D eigenvalue weighted by molar-refractivity contribution is 0.340. The standard InChI is InChI=1S/C20H19BrClN3O2/c1-4-27-18-8-6-15(22)9-13(18)11-23-25-19(12(2)3)24-17-7-5-14(21)10-16(17)20(25)26/h5-12H,4H2,1-3H3. The second-order valence-electron chi connectivity index (χ2n) is 6.26. The van der Waals surface area contributed by atoms with E-state index in [1.807, 2.05) is 32.9 Å². The van der Waals surface area contributed by atoms with E-state index in [0.717, 1.165) is 4.47 Å². The van der Waals surface area contributed by atoms with Gasteiger partial charge in [0.15, 0.2) is 0 Å². The first-order valence-corrected chi connectivity index (χ1v) is 9.76. The summed E-state index contributed by atoms with van der Waals surface area (Å²) in [5, 5.41) is 5.49.